The Labute approximate surface area is 120 Å². The Morgan fingerprint density at radius 3 is 1.63 bits per heavy atom. The molecule has 1 nitrogen and oxygen atoms in total. The summed E-state index contributed by atoms with van der Waals surface area (Å²) in [6.07, 6.45) is 17.1. The number of rotatable bonds is 6. The van der Waals surface area contributed by atoms with Gasteiger partial charge in [0.05, 0.1) is 0 Å². The first-order valence-corrected chi connectivity index (χ1v) is 8.94. The molecule has 0 saturated heterocycles. The highest BCUT2D eigenvalue weighted by molar-refractivity contribution is 4.82. The molecule has 2 aliphatic carbocycles. The first kappa shape index (κ1) is 15.4. The summed E-state index contributed by atoms with van der Waals surface area (Å²) in [5.74, 6) is 4.10. The van der Waals surface area contributed by atoms with Crippen LogP contribution in [-0.4, -0.2) is 11.7 Å². The fourth-order valence-corrected chi connectivity index (χ4v) is 4.68. The normalized spacial score (nSPS) is 36.3. The van der Waals surface area contributed by atoms with E-state index < -0.39 is 0 Å². The molecule has 2 rings (SSSR count). The number of hydrogen-bond donors (Lipinski definition) is 1. The zero-order chi connectivity index (χ0) is 13.5. The van der Waals surface area contributed by atoms with Crippen LogP contribution < -0.4 is 0 Å². The average molecular weight is 266 g/mol. The SMILES string of the molecule is CCC[C@H]1CC[C@H](C2CCC(CCCO)CC2)CC1. The van der Waals surface area contributed by atoms with Gasteiger partial charge in [0.1, 0.15) is 0 Å². The van der Waals surface area contributed by atoms with Crippen LogP contribution >= 0.6 is 0 Å². The monoisotopic (exact) mass is 266 g/mol. The van der Waals surface area contributed by atoms with Crippen molar-refractivity contribution >= 4 is 0 Å². The second-order valence-corrected chi connectivity index (χ2v) is 7.22. The number of hydrogen-bond acceptors (Lipinski definition) is 1. The number of aliphatic hydroxyl groups is 1. The van der Waals surface area contributed by atoms with Crippen molar-refractivity contribution in [1.29, 1.82) is 0 Å². The summed E-state index contributed by atoms with van der Waals surface area (Å²) in [7, 11) is 0. The lowest BCUT2D eigenvalue weighted by Gasteiger charge is -2.38. The molecule has 0 spiro atoms. The first-order chi connectivity index (χ1) is 9.33. The Bertz CT molecular complexity index is 222. The summed E-state index contributed by atoms with van der Waals surface area (Å²) in [5, 5.41) is 8.92. The molecular weight excluding hydrogens is 232 g/mol. The van der Waals surface area contributed by atoms with Crippen LogP contribution in [0, 0.1) is 23.7 Å². The lowest BCUT2D eigenvalue weighted by Crippen LogP contribution is -2.25. The molecule has 2 saturated carbocycles. The van der Waals surface area contributed by atoms with E-state index in [1.807, 2.05) is 0 Å². The molecule has 0 aromatic rings. The van der Waals surface area contributed by atoms with E-state index in [4.69, 9.17) is 5.11 Å². The third kappa shape index (κ3) is 4.77. The van der Waals surface area contributed by atoms with E-state index in [-0.39, 0.29) is 0 Å². The van der Waals surface area contributed by atoms with Crippen LogP contribution in [0.2, 0.25) is 0 Å². The molecule has 0 unspecified atom stereocenters. The average Bonchev–Trinajstić information content (AvgIpc) is 2.47. The zero-order valence-electron chi connectivity index (χ0n) is 12.9. The van der Waals surface area contributed by atoms with E-state index in [0.29, 0.717) is 6.61 Å². The van der Waals surface area contributed by atoms with Gasteiger partial charge in [0, 0.05) is 6.61 Å². The lowest BCUT2D eigenvalue weighted by molar-refractivity contribution is 0.137. The Balaban J connectivity index is 1.65. The molecule has 0 bridgehead atoms. The minimum atomic E-state index is 0.390. The van der Waals surface area contributed by atoms with Crippen molar-refractivity contribution in [1.82, 2.24) is 0 Å². The Morgan fingerprint density at radius 2 is 1.21 bits per heavy atom. The first-order valence-electron chi connectivity index (χ1n) is 8.94. The van der Waals surface area contributed by atoms with Gasteiger partial charge >= 0.3 is 0 Å². The highest BCUT2D eigenvalue weighted by Crippen LogP contribution is 2.42. The minimum absolute atomic E-state index is 0.390. The summed E-state index contributed by atoms with van der Waals surface area (Å²) < 4.78 is 0. The maximum Gasteiger partial charge on any atom is 0.0431 e. The zero-order valence-corrected chi connectivity index (χ0v) is 12.9. The minimum Gasteiger partial charge on any atom is -0.396 e. The predicted molar refractivity (Wildman–Crippen MR) is 82.1 cm³/mol. The molecule has 112 valence electrons. The maximum absolute atomic E-state index is 8.92. The summed E-state index contributed by atoms with van der Waals surface area (Å²) in [6.45, 7) is 2.72. The Kier molecular flexibility index (Phi) is 6.70. The second-order valence-electron chi connectivity index (χ2n) is 7.22. The van der Waals surface area contributed by atoms with Gasteiger partial charge in [-0.2, -0.15) is 0 Å². The van der Waals surface area contributed by atoms with Crippen molar-refractivity contribution in [3.05, 3.63) is 0 Å². The third-order valence-corrected chi connectivity index (χ3v) is 5.92. The molecular formula is C18H34O. The van der Waals surface area contributed by atoms with Crippen LogP contribution in [0.25, 0.3) is 0 Å². The van der Waals surface area contributed by atoms with Crippen molar-refractivity contribution in [3.63, 3.8) is 0 Å². The molecule has 0 aromatic carbocycles. The molecule has 0 radical (unpaired) electrons. The Hall–Kier alpha value is -0.0400. The number of aliphatic hydroxyl groups excluding tert-OH is 1. The standard InChI is InChI=1S/C18H34O/c1-2-4-15-6-10-17(11-7-15)18-12-8-16(9-13-18)5-3-14-19/h15-19H,2-14H2,1H3/t15-,16?,17-,18?. The molecule has 2 fully saturated rings. The second kappa shape index (κ2) is 8.29. The van der Waals surface area contributed by atoms with Crippen molar-refractivity contribution in [3.8, 4) is 0 Å². The molecule has 0 aliphatic heterocycles. The Morgan fingerprint density at radius 1 is 0.737 bits per heavy atom. The summed E-state index contributed by atoms with van der Waals surface area (Å²) >= 11 is 0. The molecule has 2 aliphatic rings. The molecule has 0 amide bonds. The highest BCUT2D eigenvalue weighted by atomic mass is 16.2. The van der Waals surface area contributed by atoms with Crippen molar-refractivity contribution < 1.29 is 5.11 Å². The largest absolute Gasteiger partial charge is 0.396 e. The van der Waals surface area contributed by atoms with E-state index in [9.17, 15) is 0 Å². The molecule has 1 heteroatoms. The van der Waals surface area contributed by atoms with E-state index >= 15 is 0 Å². The molecule has 0 heterocycles. The quantitative estimate of drug-likeness (QED) is 0.703. The van der Waals surface area contributed by atoms with Gasteiger partial charge in [-0.3, -0.25) is 0 Å². The maximum atomic E-state index is 8.92. The molecule has 19 heavy (non-hydrogen) atoms. The topological polar surface area (TPSA) is 20.2 Å². The van der Waals surface area contributed by atoms with E-state index in [0.717, 1.165) is 30.1 Å². The fraction of sp³-hybridized carbons (Fsp3) is 1.00. The van der Waals surface area contributed by atoms with Gasteiger partial charge in [-0.1, -0.05) is 45.4 Å². The van der Waals surface area contributed by atoms with E-state index in [2.05, 4.69) is 6.92 Å². The van der Waals surface area contributed by atoms with Crippen LogP contribution in [0.1, 0.15) is 84.0 Å². The van der Waals surface area contributed by atoms with Gasteiger partial charge in [0.2, 0.25) is 0 Å². The molecule has 0 aromatic heterocycles. The van der Waals surface area contributed by atoms with Crippen LogP contribution in [0.5, 0.6) is 0 Å². The van der Waals surface area contributed by atoms with Gasteiger partial charge in [0.15, 0.2) is 0 Å². The van der Waals surface area contributed by atoms with Gasteiger partial charge in [-0.05, 0) is 62.2 Å². The van der Waals surface area contributed by atoms with Crippen LogP contribution in [-0.2, 0) is 0 Å². The highest BCUT2D eigenvalue weighted by Gasteiger charge is 2.30. The van der Waals surface area contributed by atoms with Crippen molar-refractivity contribution in [2.75, 3.05) is 6.61 Å². The van der Waals surface area contributed by atoms with Gasteiger partial charge in [0.25, 0.3) is 0 Å². The predicted octanol–water partition coefficient (Wildman–Crippen LogP) is 5.17. The van der Waals surface area contributed by atoms with Crippen LogP contribution in [0.4, 0.5) is 0 Å². The van der Waals surface area contributed by atoms with E-state index in [1.165, 1.54) is 70.6 Å². The van der Waals surface area contributed by atoms with Crippen LogP contribution in [0.15, 0.2) is 0 Å². The van der Waals surface area contributed by atoms with Crippen LogP contribution in [0.3, 0.4) is 0 Å². The fourth-order valence-electron chi connectivity index (χ4n) is 4.68. The van der Waals surface area contributed by atoms with Crippen molar-refractivity contribution in [2.24, 2.45) is 23.7 Å². The molecule has 0 atom stereocenters. The lowest BCUT2D eigenvalue weighted by atomic mass is 9.68. The summed E-state index contributed by atoms with van der Waals surface area (Å²) in [5.41, 5.74) is 0. The van der Waals surface area contributed by atoms with Gasteiger partial charge in [-0.25, -0.2) is 0 Å². The third-order valence-electron chi connectivity index (χ3n) is 5.92. The molecule has 1 N–H and O–H groups in total. The summed E-state index contributed by atoms with van der Waals surface area (Å²) in [6, 6.07) is 0. The smallest absolute Gasteiger partial charge is 0.0431 e. The van der Waals surface area contributed by atoms with Gasteiger partial charge < -0.3 is 5.11 Å². The summed E-state index contributed by atoms with van der Waals surface area (Å²) in [4.78, 5) is 0. The van der Waals surface area contributed by atoms with E-state index in [1.54, 1.807) is 0 Å². The van der Waals surface area contributed by atoms with Gasteiger partial charge in [-0.15, -0.1) is 0 Å². The van der Waals surface area contributed by atoms with Crippen molar-refractivity contribution in [2.45, 2.75) is 84.0 Å².